The molecular weight excluding hydrogens is 96.9 g/mol. The van der Waals surface area contributed by atoms with Gasteiger partial charge in [0.05, 0.1) is 0 Å². The van der Waals surface area contributed by atoms with Gasteiger partial charge in [0.2, 0.25) is 7.41 Å². The van der Waals surface area contributed by atoms with Gasteiger partial charge in [0.25, 0.3) is 0 Å². The number of rotatable bonds is 1. The predicted octanol–water partition coefficient (Wildman–Crippen LogP) is 1.39. The summed E-state index contributed by atoms with van der Waals surface area (Å²) in [6.07, 6.45) is 0. The Hall–Kier alpha value is 0.0249. The summed E-state index contributed by atoms with van der Waals surface area (Å²) in [6, 6.07) is 0. The Morgan fingerprint density at radius 3 is 1.50 bits per heavy atom. The summed E-state index contributed by atoms with van der Waals surface area (Å²) in [7, 11) is 6.28. The first kappa shape index (κ1) is 8.02. The minimum absolute atomic E-state index is 0.323. The molecule has 0 aliphatic rings. The molecule has 0 spiro atoms. The minimum atomic E-state index is 0.323. The van der Waals surface area contributed by atoms with Crippen molar-refractivity contribution in [3.8, 4) is 0 Å². The highest BCUT2D eigenvalue weighted by Gasteiger charge is 2.12. The molecule has 1 nitrogen and oxygen atoms in total. The fourth-order valence-corrected chi connectivity index (χ4v) is 0.775. The summed E-state index contributed by atoms with van der Waals surface area (Å²) in [6.45, 7) is 6.56. The van der Waals surface area contributed by atoms with Crippen LogP contribution in [0, 0.1) is 0 Å². The summed E-state index contributed by atoms with van der Waals surface area (Å²) < 4.78 is 0. The number of hydrogen-bond donors (Lipinski definition) is 0. The highest BCUT2D eigenvalue weighted by atomic mass is 15.0. The summed E-state index contributed by atoms with van der Waals surface area (Å²) in [5.41, 5.74) is 0. The zero-order valence-electron chi connectivity index (χ0n) is 6.52. The molecule has 0 rings (SSSR count). The third-order valence-electron chi connectivity index (χ3n) is 0.645. The van der Waals surface area contributed by atoms with E-state index in [1.807, 2.05) is 14.1 Å². The van der Waals surface area contributed by atoms with Crippen molar-refractivity contribution >= 4 is 7.41 Å². The third kappa shape index (κ3) is 6.02. The van der Waals surface area contributed by atoms with Crippen LogP contribution >= 0.6 is 0 Å². The van der Waals surface area contributed by atoms with E-state index in [2.05, 4.69) is 33.0 Å². The first-order chi connectivity index (χ1) is 3.42. The van der Waals surface area contributed by atoms with Crippen molar-refractivity contribution in [2.75, 3.05) is 14.1 Å². The van der Waals surface area contributed by atoms with E-state index < -0.39 is 0 Å². The number of hydrogen-bond acceptors (Lipinski definition) is 1. The SMILES string of the molecule is CN(C)[B]C(C)(C)C. The zero-order chi connectivity index (χ0) is 6.78. The molecule has 0 amide bonds. The molecule has 47 valence electrons. The van der Waals surface area contributed by atoms with E-state index in [1.165, 1.54) is 0 Å². The minimum Gasteiger partial charge on any atom is -0.351 e. The van der Waals surface area contributed by atoms with Gasteiger partial charge in [-0.3, -0.25) is 0 Å². The zero-order valence-corrected chi connectivity index (χ0v) is 6.52. The molecule has 0 saturated heterocycles. The fraction of sp³-hybridized carbons (Fsp3) is 1.00. The maximum Gasteiger partial charge on any atom is 0.213 e. The van der Waals surface area contributed by atoms with Crippen molar-refractivity contribution in [3.63, 3.8) is 0 Å². The molecule has 0 saturated carbocycles. The van der Waals surface area contributed by atoms with Gasteiger partial charge in [-0.05, 0) is 19.4 Å². The monoisotopic (exact) mass is 112 g/mol. The molecule has 1 radical (unpaired) electrons. The van der Waals surface area contributed by atoms with Crippen molar-refractivity contribution in [3.05, 3.63) is 0 Å². The van der Waals surface area contributed by atoms with E-state index in [0.717, 1.165) is 0 Å². The van der Waals surface area contributed by atoms with Gasteiger partial charge in [-0.2, -0.15) is 0 Å². The molecule has 0 bridgehead atoms. The van der Waals surface area contributed by atoms with E-state index in [-0.39, 0.29) is 0 Å². The fourth-order valence-electron chi connectivity index (χ4n) is 0.775. The lowest BCUT2D eigenvalue weighted by molar-refractivity contribution is 0.601. The summed E-state index contributed by atoms with van der Waals surface area (Å²) in [5, 5.41) is 0.323. The Morgan fingerprint density at radius 1 is 1.12 bits per heavy atom. The van der Waals surface area contributed by atoms with Crippen LogP contribution < -0.4 is 0 Å². The first-order valence-electron chi connectivity index (χ1n) is 2.94. The molecule has 0 heterocycles. The normalized spacial score (nSPS) is 12.2. The number of nitrogens with zero attached hydrogens (tertiary/aromatic N) is 1. The highest BCUT2D eigenvalue weighted by Crippen LogP contribution is 2.19. The van der Waals surface area contributed by atoms with Crippen LogP contribution in [0.1, 0.15) is 20.8 Å². The molecule has 0 unspecified atom stereocenters. The molecule has 0 aromatic heterocycles. The molecule has 2 heteroatoms. The van der Waals surface area contributed by atoms with E-state index in [0.29, 0.717) is 5.31 Å². The molecule has 0 aliphatic carbocycles. The maximum atomic E-state index is 2.19. The lowest BCUT2D eigenvalue weighted by atomic mass is 9.63. The second-order valence-electron chi connectivity index (χ2n) is 3.46. The van der Waals surface area contributed by atoms with E-state index in [1.54, 1.807) is 0 Å². The Bertz CT molecular complexity index is 63.4. The largest absolute Gasteiger partial charge is 0.351 e. The van der Waals surface area contributed by atoms with Gasteiger partial charge in [-0.25, -0.2) is 0 Å². The maximum absolute atomic E-state index is 2.19. The molecule has 0 aromatic rings. The summed E-state index contributed by atoms with van der Waals surface area (Å²) in [4.78, 5) is 2.08. The lowest BCUT2D eigenvalue weighted by Gasteiger charge is -2.20. The van der Waals surface area contributed by atoms with Gasteiger partial charge in [0, 0.05) is 0 Å². The Labute approximate surface area is 53.3 Å². The van der Waals surface area contributed by atoms with Crippen LogP contribution in [0.2, 0.25) is 5.31 Å². The Balaban J connectivity index is 3.39. The Morgan fingerprint density at radius 2 is 1.50 bits per heavy atom. The average molecular weight is 112 g/mol. The molecule has 8 heavy (non-hydrogen) atoms. The average Bonchev–Trinajstić information content (AvgIpc) is 1.21. The van der Waals surface area contributed by atoms with Crippen molar-refractivity contribution in [2.24, 2.45) is 0 Å². The van der Waals surface area contributed by atoms with Crippen LogP contribution in [0.4, 0.5) is 0 Å². The first-order valence-corrected chi connectivity index (χ1v) is 2.94. The highest BCUT2D eigenvalue weighted by molar-refractivity contribution is 6.35. The van der Waals surface area contributed by atoms with Gasteiger partial charge in [-0.1, -0.05) is 20.8 Å². The van der Waals surface area contributed by atoms with Crippen molar-refractivity contribution in [1.82, 2.24) is 4.81 Å². The van der Waals surface area contributed by atoms with Gasteiger partial charge in [0.1, 0.15) is 0 Å². The van der Waals surface area contributed by atoms with Crippen molar-refractivity contribution < 1.29 is 0 Å². The molecule has 0 N–H and O–H groups in total. The lowest BCUT2D eigenvalue weighted by Crippen LogP contribution is -2.25. The van der Waals surface area contributed by atoms with Gasteiger partial charge >= 0.3 is 0 Å². The Kier molecular flexibility index (Phi) is 2.55. The molecule has 0 aromatic carbocycles. The predicted molar refractivity (Wildman–Crippen MR) is 39.2 cm³/mol. The van der Waals surface area contributed by atoms with Crippen LogP contribution in [0.5, 0.6) is 0 Å². The second kappa shape index (κ2) is 2.54. The van der Waals surface area contributed by atoms with Crippen LogP contribution in [-0.2, 0) is 0 Å². The van der Waals surface area contributed by atoms with Gasteiger partial charge in [-0.15, -0.1) is 0 Å². The standard InChI is InChI=1S/C6H15BN/c1-6(2,3)7-8(4)5/h1-5H3. The van der Waals surface area contributed by atoms with Crippen LogP contribution in [0.3, 0.4) is 0 Å². The van der Waals surface area contributed by atoms with E-state index in [4.69, 9.17) is 0 Å². The summed E-state index contributed by atoms with van der Waals surface area (Å²) >= 11 is 0. The quantitative estimate of drug-likeness (QED) is 0.463. The molecule has 0 atom stereocenters. The second-order valence-corrected chi connectivity index (χ2v) is 3.46. The third-order valence-corrected chi connectivity index (χ3v) is 0.645. The molecule has 0 aliphatic heterocycles. The van der Waals surface area contributed by atoms with E-state index >= 15 is 0 Å². The van der Waals surface area contributed by atoms with Crippen LogP contribution in [0.25, 0.3) is 0 Å². The van der Waals surface area contributed by atoms with Crippen molar-refractivity contribution in [1.29, 1.82) is 0 Å². The smallest absolute Gasteiger partial charge is 0.213 e. The topological polar surface area (TPSA) is 3.24 Å². The summed E-state index contributed by atoms with van der Waals surface area (Å²) in [5.74, 6) is 0. The molecular formula is C6H15BN. The van der Waals surface area contributed by atoms with Gasteiger partial charge in [0.15, 0.2) is 0 Å². The van der Waals surface area contributed by atoms with Crippen LogP contribution in [0.15, 0.2) is 0 Å². The van der Waals surface area contributed by atoms with E-state index in [9.17, 15) is 0 Å². The van der Waals surface area contributed by atoms with Gasteiger partial charge < -0.3 is 4.81 Å². The van der Waals surface area contributed by atoms with Crippen LogP contribution in [-0.4, -0.2) is 26.3 Å². The van der Waals surface area contributed by atoms with Crippen molar-refractivity contribution in [2.45, 2.75) is 26.1 Å². The molecule has 0 fully saturated rings.